The Morgan fingerprint density at radius 1 is 0.553 bits per heavy atom. The van der Waals surface area contributed by atoms with Crippen molar-refractivity contribution < 1.29 is 26.3 Å². The highest BCUT2D eigenvalue weighted by molar-refractivity contribution is 8.33. The zero-order valence-electron chi connectivity index (χ0n) is 27.5. The SMILES string of the molecule is CC(C)(C)Oc1ccc(S(OS(=O)(=O)c2ccccc2)(c2ccc(OC(C)(C)C)cc2)c2cccc(OCc3ccncc3)c2)cc1. The molecule has 0 amide bonds. The van der Waals surface area contributed by atoms with Gasteiger partial charge in [-0.3, -0.25) is 4.98 Å². The van der Waals surface area contributed by atoms with Crippen molar-refractivity contribution >= 4 is 20.4 Å². The average molecular weight is 672 g/mol. The Morgan fingerprint density at radius 3 is 1.57 bits per heavy atom. The number of nitrogens with zero attached hydrogens (tertiary/aromatic N) is 1. The van der Waals surface area contributed by atoms with Gasteiger partial charge in [0.2, 0.25) is 0 Å². The van der Waals surface area contributed by atoms with Crippen molar-refractivity contribution in [2.45, 2.75) is 78.9 Å². The Labute approximate surface area is 280 Å². The third-order valence-corrected chi connectivity index (χ3v) is 11.8. The molecular formula is C38H41NO6S2. The minimum Gasteiger partial charge on any atom is -0.489 e. The second-order valence-electron chi connectivity index (χ2n) is 12.9. The van der Waals surface area contributed by atoms with Crippen LogP contribution < -0.4 is 14.2 Å². The van der Waals surface area contributed by atoms with Crippen molar-refractivity contribution in [1.29, 1.82) is 0 Å². The summed E-state index contributed by atoms with van der Waals surface area (Å²) >= 11 is 0. The van der Waals surface area contributed by atoms with Gasteiger partial charge < -0.3 is 14.2 Å². The first-order valence-electron chi connectivity index (χ1n) is 15.3. The molecule has 0 aliphatic carbocycles. The summed E-state index contributed by atoms with van der Waals surface area (Å²) in [5.74, 6) is 1.88. The molecule has 0 N–H and O–H groups in total. The van der Waals surface area contributed by atoms with Gasteiger partial charge in [0.15, 0.2) is 0 Å². The summed E-state index contributed by atoms with van der Waals surface area (Å²) < 4.78 is 53.4. The number of rotatable bonds is 11. The Balaban J connectivity index is 1.71. The van der Waals surface area contributed by atoms with Crippen LogP contribution in [0.1, 0.15) is 47.1 Å². The van der Waals surface area contributed by atoms with Crippen LogP contribution in [0.15, 0.2) is 147 Å². The average Bonchev–Trinajstić information content (AvgIpc) is 3.03. The van der Waals surface area contributed by atoms with Gasteiger partial charge in [0.1, 0.15) is 35.1 Å². The van der Waals surface area contributed by atoms with Crippen molar-refractivity contribution in [3.8, 4) is 17.2 Å². The summed E-state index contributed by atoms with van der Waals surface area (Å²) in [7, 11) is -7.24. The topological polar surface area (TPSA) is 84.0 Å². The predicted octanol–water partition coefficient (Wildman–Crippen LogP) is 9.62. The lowest BCUT2D eigenvalue weighted by molar-refractivity contribution is 0.130. The molecule has 9 heteroatoms. The van der Waals surface area contributed by atoms with Crippen molar-refractivity contribution in [2.24, 2.45) is 0 Å². The van der Waals surface area contributed by atoms with E-state index in [1.807, 2.05) is 126 Å². The summed E-state index contributed by atoms with van der Waals surface area (Å²) in [4.78, 5) is 6.10. The van der Waals surface area contributed by atoms with E-state index >= 15 is 0 Å². The van der Waals surface area contributed by atoms with E-state index in [-0.39, 0.29) is 4.90 Å². The Morgan fingerprint density at radius 2 is 1.06 bits per heavy atom. The molecule has 7 nitrogen and oxygen atoms in total. The van der Waals surface area contributed by atoms with Crippen LogP contribution in [-0.4, -0.2) is 24.6 Å². The summed E-state index contributed by atoms with van der Waals surface area (Å²) in [6.07, 6.45) is 3.43. The first-order valence-corrected chi connectivity index (χ1v) is 18.2. The summed E-state index contributed by atoms with van der Waals surface area (Å²) in [6, 6.07) is 34.3. The van der Waals surface area contributed by atoms with E-state index in [9.17, 15) is 8.42 Å². The van der Waals surface area contributed by atoms with E-state index in [2.05, 4.69) is 4.98 Å². The fourth-order valence-corrected chi connectivity index (χ4v) is 10.0. The monoisotopic (exact) mass is 671 g/mol. The van der Waals surface area contributed by atoms with E-state index in [4.69, 9.17) is 17.8 Å². The van der Waals surface area contributed by atoms with Crippen molar-refractivity contribution in [1.82, 2.24) is 4.98 Å². The summed E-state index contributed by atoms with van der Waals surface area (Å²) in [6.45, 7) is 12.2. The zero-order valence-corrected chi connectivity index (χ0v) is 29.2. The lowest BCUT2D eigenvalue weighted by Crippen LogP contribution is -2.23. The number of aromatic nitrogens is 1. The number of hydrogen-bond donors (Lipinski definition) is 0. The fourth-order valence-electron chi connectivity index (χ4n) is 4.78. The minimum absolute atomic E-state index is 0.0577. The highest BCUT2D eigenvalue weighted by Crippen LogP contribution is 2.71. The molecule has 0 bridgehead atoms. The van der Waals surface area contributed by atoms with Gasteiger partial charge in [-0.1, -0.05) is 24.3 Å². The molecule has 5 aromatic rings. The standard InChI is InChI=1S/C38H41NO6S2/c1-37(2,3)43-30-15-19-33(20-16-30)46(45-47(40,41)35-12-8-7-9-13-35,34-21-17-31(18-22-34)44-38(4,5)6)36-14-10-11-32(27-36)42-28-29-23-25-39-26-24-29/h7-27H,28H2,1-6H3. The van der Waals surface area contributed by atoms with E-state index < -0.39 is 31.6 Å². The maximum Gasteiger partial charge on any atom is 0.307 e. The Bertz CT molecular complexity index is 1810. The van der Waals surface area contributed by atoms with Gasteiger partial charge in [-0.25, -0.2) is 3.63 Å². The Hall–Kier alpha value is -4.31. The molecule has 0 radical (unpaired) electrons. The fraction of sp³-hybridized carbons (Fsp3) is 0.237. The molecule has 1 aromatic heterocycles. The van der Waals surface area contributed by atoms with Gasteiger partial charge in [-0.15, -0.1) is 0 Å². The minimum atomic E-state index is -4.28. The van der Waals surface area contributed by atoms with Crippen molar-refractivity contribution in [3.63, 3.8) is 0 Å². The lowest BCUT2D eigenvalue weighted by atomic mass is 10.2. The van der Waals surface area contributed by atoms with E-state index in [1.54, 1.807) is 30.6 Å². The van der Waals surface area contributed by atoms with Crippen molar-refractivity contribution in [3.05, 3.63) is 133 Å². The lowest BCUT2D eigenvalue weighted by Gasteiger charge is -2.39. The van der Waals surface area contributed by atoms with Gasteiger partial charge >= 0.3 is 10.1 Å². The van der Waals surface area contributed by atoms with Gasteiger partial charge in [0.25, 0.3) is 0 Å². The Kier molecular flexibility index (Phi) is 10.0. The third-order valence-electron chi connectivity index (χ3n) is 6.68. The van der Waals surface area contributed by atoms with Crippen LogP contribution in [0.2, 0.25) is 0 Å². The van der Waals surface area contributed by atoms with E-state index in [0.717, 1.165) is 5.56 Å². The first kappa shape index (κ1) is 34.0. The molecular weight excluding hydrogens is 631 g/mol. The molecule has 47 heavy (non-hydrogen) atoms. The number of hydrogen-bond acceptors (Lipinski definition) is 7. The summed E-state index contributed by atoms with van der Waals surface area (Å²) in [5.41, 5.74) is 0.125. The highest BCUT2D eigenvalue weighted by Gasteiger charge is 2.39. The molecule has 0 saturated heterocycles. The molecule has 4 aromatic carbocycles. The normalized spacial score (nSPS) is 12.7. The molecule has 0 saturated carbocycles. The van der Waals surface area contributed by atoms with Gasteiger partial charge in [-0.2, -0.15) is 8.42 Å². The predicted molar refractivity (Wildman–Crippen MR) is 186 cm³/mol. The molecule has 246 valence electrons. The second-order valence-corrected chi connectivity index (χ2v) is 17.3. The molecule has 0 aliphatic heterocycles. The maximum absolute atomic E-state index is 14.2. The highest BCUT2D eigenvalue weighted by atomic mass is 32.3. The van der Waals surface area contributed by atoms with Crippen LogP contribution in [0.4, 0.5) is 0 Å². The smallest absolute Gasteiger partial charge is 0.307 e. The molecule has 5 rings (SSSR count). The molecule has 0 spiro atoms. The zero-order chi connectivity index (χ0) is 33.7. The molecule has 0 fully saturated rings. The van der Waals surface area contributed by atoms with E-state index in [0.29, 0.717) is 38.5 Å². The van der Waals surface area contributed by atoms with Crippen LogP contribution >= 0.6 is 10.3 Å². The van der Waals surface area contributed by atoms with Gasteiger partial charge in [0.05, 0.1) is 4.90 Å². The molecule has 0 unspecified atom stereocenters. The third kappa shape index (κ3) is 8.74. The molecule has 0 atom stereocenters. The second kappa shape index (κ2) is 13.8. The van der Waals surface area contributed by atoms with E-state index in [1.165, 1.54) is 12.1 Å². The van der Waals surface area contributed by atoms with Gasteiger partial charge in [0, 0.05) is 27.1 Å². The van der Waals surface area contributed by atoms with Crippen LogP contribution in [0.3, 0.4) is 0 Å². The summed E-state index contributed by atoms with van der Waals surface area (Å²) in [5, 5.41) is 0. The first-order chi connectivity index (χ1) is 22.2. The quantitative estimate of drug-likeness (QED) is 0.138. The van der Waals surface area contributed by atoms with Crippen LogP contribution in [0.5, 0.6) is 17.2 Å². The van der Waals surface area contributed by atoms with Crippen LogP contribution in [-0.2, 0) is 20.4 Å². The number of benzene rings is 4. The molecule has 0 aliphatic rings. The number of pyridine rings is 1. The van der Waals surface area contributed by atoms with Crippen LogP contribution in [0.25, 0.3) is 0 Å². The van der Waals surface area contributed by atoms with Crippen molar-refractivity contribution in [2.75, 3.05) is 0 Å². The molecule has 1 heterocycles. The van der Waals surface area contributed by atoms with Crippen LogP contribution in [0, 0.1) is 0 Å². The largest absolute Gasteiger partial charge is 0.489 e. The van der Waals surface area contributed by atoms with Gasteiger partial charge in [-0.05, 0) is 148 Å². The maximum atomic E-state index is 14.2. The number of ether oxygens (including phenoxy) is 3.